The van der Waals surface area contributed by atoms with Gasteiger partial charge in [0.05, 0.1) is 31.0 Å². The van der Waals surface area contributed by atoms with Crippen LogP contribution >= 0.6 is 11.6 Å². The van der Waals surface area contributed by atoms with Crippen LogP contribution in [0, 0.1) is 22.7 Å². The van der Waals surface area contributed by atoms with Crippen molar-refractivity contribution >= 4 is 17.5 Å². The normalized spacial score (nSPS) is 15.2. The fourth-order valence-corrected chi connectivity index (χ4v) is 1.82. The number of ether oxygens (including phenoxy) is 1. The van der Waals surface area contributed by atoms with Gasteiger partial charge in [0.25, 0.3) is 0 Å². The van der Waals surface area contributed by atoms with E-state index in [-0.39, 0.29) is 5.15 Å². The summed E-state index contributed by atoms with van der Waals surface area (Å²) >= 11 is 5.90. The number of nitrogens with zero attached hydrogens (tertiary/aromatic N) is 5. The van der Waals surface area contributed by atoms with Gasteiger partial charge in [-0.3, -0.25) is 0 Å². The smallest absolute Gasteiger partial charge is 0.227 e. The second-order valence-corrected chi connectivity index (χ2v) is 4.09. The minimum atomic E-state index is -0.926. The van der Waals surface area contributed by atoms with Gasteiger partial charge >= 0.3 is 0 Å². The second kappa shape index (κ2) is 5.63. The van der Waals surface area contributed by atoms with Gasteiger partial charge in [-0.1, -0.05) is 11.6 Å². The van der Waals surface area contributed by atoms with Crippen LogP contribution in [0.15, 0.2) is 6.07 Å². The Balaban J connectivity index is 2.32. The molecule has 0 spiro atoms. The zero-order chi connectivity index (χ0) is 13.0. The second-order valence-electron chi connectivity index (χ2n) is 3.71. The summed E-state index contributed by atoms with van der Waals surface area (Å²) in [6.45, 7) is 2.55. The molecule has 6 nitrogen and oxygen atoms in total. The summed E-state index contributed by atoms with van der Waals surface area (Å²) in [5.74, 6) is -0.485. The molecule has 2 rings (SSSR count). The van der Waals surface area contributed by atoms with Gasteiger partial charge in [-0.2, -0.15) is 10.5 Å². The van der Waals surface area contributed by atoms with E-state index < -0.39 is 5.92 Å². The number of nitriles is 2. The highest BCUT2D eigenvalue weighted by Crippen LogP contribution is 2.20. The summed E-state index contributed by atoms with van der Waals surface area (Å²) < 4.78 is 5.24. The van der Waals surface area contributed by atoms with Crippen molar-refractivity contribution in [3.05, 3.63) is 16.9 Å². The maximum Gasteiger partial charge on any atom is 0.227 e. The summed E-state index contributed by atoms with van der Waals surface area (Å²) in [6, 6.07) is 5.19. The molecule has 0 amide bonds. The third-order valence-corrected chi connectivity index (χ3v) is 2.74. The average Bonchev–Trinajstić information content (AvgIpc) is 2.40. The van der Waals surface area contributed by atoms with Crippen molar-refractivity contribution in [2.75, 3.05) is 31.2 Å². The minimum Gasteiger partial charge on any atom is -0.378 e. The summed E-state index contributed by atoms with van der Waals surface area (Å²) in [5, 5.41) is 18.0. The van der Waals surface area contributed by atoms with Gasteiger partial charge in [-0.15, -0.1) is 0 Å². The van der Waals surface area contributed by atoms with Gasteiger partial charge in [0.1, 0.15) is 5.15 Å². The van der Waals surface area contributed by atoms with Crippen molar-refractivity contribution in [1.29, 1.82) is 10.5 Å². The van der Waals surface area contributed by atoms with Crippen LogP contribution in [-0.2, 0) is 4.74 Å². The maximum atomic E-state index is 8.86. The summed E-state index contributed by atoms with van der Waals surface area (Å²) in [5.41, 5.74) is 0.335. The van der Waals surface area contributed by atoms with Crippen LogP contribution in [0.1, 0.15) is 11.6 Å². The fourth-order valence-electron chi connectivity index (χ4n) is 1.64. The molecule has 0 saturated carbocycles. The summed E-state index contributed by atoms with van der Waals surface area (Å²) in [6.07, 6.45) is 0. The van der Waals surface area contributed by atoms with E-state index in [4.69, 9.17) is 26.9 Å². The molecule has 0 aliphatic carbocycles. The van der Waals surface area contributed by atoms with Crippen molar-refractivity contribution in [3.8, 4) is 12.1 Å². The van der Waals surface area contributed by atoms with Crippen molar-refractivity contribution in [1.82, 2.24) is 9.97 Å². The van der Waals surface area contributed by atoms with Gasteiger partial charge < -0.3 is 9.64 Å². The number of aromatic nitrogens is 2. The zero-order valence-corrected chi connectivity index (χ0v) is 10.3. The van der Waals surface area contributed by atoms with Crippen molar-refractivity contribution in [2.45, 2.75) is 5.92 Å². The van der Waals surface area contributed by atoms with Crippen molar-refractivity contribution in [2.24, 2.45) is 0 Å². The molecule has 1 aromatic heterocycles. The largest absolute Gasteiger partial charge is 0.378 e. The minimum absolute atomic E-state index is 0.233. The Morgan fingerprint density at radius 1 is 1.28 bits per heavy atom. The predicted molar refractivity (Wildman–Crippen MR) is 64.0 cm³/mol. The quantitative estimate of drug-likeness (QED) is 0.743. The zero-order valence-electron chi connectivity index (χ0n) is 9.51. The number of halogens is 1. The number of anilines is 1. The standard InChI is InChI=1S/C11H10ClN5O/c12-10-5-9(8(6-13)7-14)15-11(16-10)17-1-3-18-4-2-17/h5,8H,1-4H2. The Labute approximate surface area is 109 Å². The molecule has 0 N–H and O–H groups in total. The Hall–Kier alpha value is -1.89. The first-order valence-electron chi connectivity index (χ1n) is 5.41. The van der Waals surface area contributed by atoms with E-state index in [1.54, 1.807) is 0 Å². The van der Waals surface area contributed by atoms with E-state index in [0.29, 0.717) is 37.9 Å². The van der Waals surface area contributed by atoms with Crippen molar-refractivity contribution < 1.29 is 4.74 Å². The van der Waals surface area contributed by atoms with E-state index in [9.17, 15) is 0 Å². The van der Waals surface area contributed by atoms with Crippen LogP contribution in [0.4, 0.5) is 5.95 Å². The topological polar surface area (TPSA) is 85.8 Å². The SMILES string of the molecule is N#CC(C#N)c1cc(Cl)nc(N2CCOCC2)n1. The molecule has 1 saturated heterocycles. The van der Waals surface area contributed by atoms with Crippen LogP contribution in [0.25, 0.3) is 0 Å². The lowest BCUT2D eigenvalue weighted by Gasteiger charge is -2.27. The van der Waals surface area contributed by atoms with E-state index in [2.05, 4.69) is 9.97 Å². The first-order valence-corrected chi connectivity index (χ1v) is 5.79. The fraction of sp³-hybridized carbons (Fsp3) is 0.455. The highest BCUT2D eigenvalue weighted by atomic mass is 35.5. The van der Waals surface area contributed by atoms with E-state index >= 15 is 0 Å². The van der Waals surface area contributed by atoms with Gasteiger partial charge in [-0.05, 0) is 6.07 Å². The Morgan fingerprint density at radius 3 is 2.56 bits per heavy atom. The number of hydrogen-bond donors (Lipinski definition) is 0. The highest BCUT2D eigenvalue weighted by Gasteiger charge is 2.18. The third-order valence-electron chi connectivity index (χ3n) is 2.55. The van der Waals surface area contributed by atoms with Gasteiger partial charge in [-0.25, -0.2) is 9.97 Å². The monoisotopic (exact) mass is 263 g/mol. The Morgan fingerprint density at radius 2 is 1.94 bits per heavy atom. The molecule has 0 bridgehead atoms. The van der Waals surface area contributed by atoms with E-state index in [1.807, 2.05) is 17.0 Å². The van der Waals surface area contributed by atoms with E-state index in [0.717, 1.165) is 0 Å². The molecule has 92 valence electrons. The molecule has 0 atom stereocenters. The molecule has 18 heavy (non-hydrogen) atoms. The van der Waals surface area contributed by atoms with Gasteiger partial charge in [0.2, 0.25) is 5.95 Å². The molecular formula is C11H10ClN5O. The van der Waals surface area contributed by atoms with Crippen LogP contribution < -0.4 is 4.90 Å². The maximum absolute atomic E-state index is 8.86. The van der Waals surface area contributed by atoms with Crippen LogP contribution in [-0.4, -0.2) is 36.3 Å². The van der Waals surface area contributed by atoms with E-state index in [1.165, 1.54) is 6.07 Å². The molecular weight excluding hydrogens is 254 g/mol. The molecule has 1 fully saturated rings. The van der Waals surface area contributed by atoms with Crippen LogP contribution in [0.3, 0.4) is 0 Å². The van der Waals surface area contributed by atoms with Crippen LogP contribution in [0.2, 0.25) is 5.15 Å². The lowest BCUT2D eigenvalue weighted by molar-refractivity contribution is 0.122. The molecule has 7 heteroatoms. The first-order chi connectivity index (χ1) is 8.74. The lowest BCUT2D eigenvalue weighted by Crippen LogP contribution is -2.37. The highest BCUT2D eigenvalue weighted by molar-refractivity contribution is 6.29. The van der Waals surface area contributed by atoms with Crippen LogP contribution in [0.5, 0.6) is 0 Å². The molecule has 0 radical (unpaired) electrons. The summed E-state index contributed by atoms with van der Waals surface area (Å²) in [7, 11) is 0. The number of hydrogen-bond acceptors (Lipinski definition) is 6. The van der Waals surface area contributed by atoms with Gasteiger partial charge in [0.15, 0.2) is 5.92 Å². The Kier molecular flexibility index (Phi) is 3.93. The predicted octanol–water partition coefficient (Wildman–Crippen LogP) is 1.10. The molecule has 2 heterocycles. The first kappa shape index (κ1) is 12.6. The molecule has 0 aromatic carbocycles. The molecule has 0 unspecified atom stereocenters. The number of rotatable bonds is 2. The van der Waals surface area contributed by atoms with Crippen molar-refractivity contribution in [3.63, 3.8) is 0 Å². The lowest BCUT2D eigenvalue weighted by atomic mass is 10.1. The van der Waals surface area contributed by atoms with Gasteiger partial charge in [0, 0.05) is 13.1 Å². The third kappa shape index (κ3) is 2.67. The molecule has 1 aliphatic heterocycles. The number of morpholine rings is 1. The summed E-state index contributed by atoms with van der Waals surface area (Å²) in [4.78, 5) is 10.3. The average molecular weight is 264 g/mol. The molecule has 1 aliphatic rings. The Bertz CT molecular complexity index is 501. The molecule has 1 aromatic rings.